The van der Waals surface area contributed by atoms with Crippen molar-refractivity contribution in [2.45, 2.75) is 18.7 Å². The van der Waals surface area contributed by atoms with E-state index >= 15 is 0 Å². The lowest BCUT2D eigenvalue weighted by atomic mass is 10.1. The van der Waals surface area contributed by atoms with Crippen molar-refractivity contribution in [2.24, 2.45) is 0 Å². The first-order valence-electron chi connectivity index (χ1n) is 9.62. The highest BCUT2D eigenvalue weighted by atomic mass is 32.2. The third-order valence-electron chi connectivity index (χ3n) is 4.86. The summed E-state index contributed by atoms with van der Waals surface area (Å²) in [6.07, 6.45) is 3.58. The molecule has 0 fully saturated rings. The van der Waals surface area contributed by atoms with E-state index in [1.54, 1.807) is 10.8 Å². The molecule has 0 aliphatic heterocycles. The third kappa shape index (κ3) is 4.49. The Morgan fingerprint density at radius 3 is 2.70 bits per heavy atom. The molecule has 4 aromatic rings. The molecule has 7 nitrogen and oxygen atoms in total. The highest BCUT2D eigenvalue weighted by molar-refractivity contribution is 7.89. The molecule has 0 atom stereocenters. The number of carbonyl (C=O) groups is 1. The molecule has 4 rings (SSSR count). The lowest BCUT2D eigenvalue weighted by molar-refractivity contribution is -0.121. The molecule has 0 aliphatic rings. The van der Waals surface area contributed by atoms with Crippen molar-refractivity contribution < 1.29 is 13.2 Å². The van der Waals surface area contributed by atoms with Gasteiger partial charge in [-0.3, -0.25) is 9.78 Å². The Bertz CT molecular complexity index is 1320. The Kier molecular flexibility index (Phi) is 5.50. The van der Waals surface area contributed by atoms with Crippen molar-refractivity contribution in [1.82, 2.24) is 19.9 Å². The van der Waals surface area contributed by atoms with Crippen molar-refractivity contribution in [3.05, 3.63) is 72.2 Å². The van der Waals surface area contributed by atoms with E-state index in [2.05, 4.69) is 15.3 Å². The van der Waals surface area contributed by atoms with E-state index in [-0.39, 0.29) is 18.2 Å². The molecule has 2 aromatic heterocycles. The normalized spacial score (nSPS) is 11.8. The lowest BCUT2D eigenvalue weighted by Crippen LogP contribution is -2.30. The van der Waals surface area contributed by atoms with Gasteiger partial charge in [-0.25, -0.2) is 13.4 Å². The van der Waals surface area contributed by atoms with Crippen LogP contribution in [0.2, 0.25) is 0 Å². The van der Waals surface area contributed by atoms with Crippen molar-refractivity contribution >= 4 is 37.7 Å². The van der Waals surface area contributed by atoms with Crippen molar-refractivity contribution in [3.8, 4) is 0 Å². The van der Waals surface area contributed by atoms with Gasteiger partial charge in [0.2, 0.25) is 5.91 Å². The smallest absolute Gasteiger partial charge is 0.240 e. The average Bonchev–Trinajstić information content (AvgIpc) is 3.03. The van der Waals surface area contributed by atoms with Crippen LogP contribution in [-0.2, 0) is 33.4 Å². The summed E-state index contributed by atoms with van der Waals surface area (Å²) in [6, 6.07) is 17.2. The minimum absolute atomic E-state index is 0.0130. The first-order valence-corrected chi connectivity index (χ1v) is 11.7. The second kappa shape index (κ2) is 8.23. The van der Waals surface area contributed by atoms with E-state index in [1.807, 2.05) is 54.6 Å². The van der Waals surface area contributed by atoms with Crippen LogP contribution >= 0.6 is 0 Å². The number of carbonyl (C=O) groups excluding carboxylic acids is 1. The van der Waals surface area contributed by atoms with Crippen LogP contribution in [0.15, 0.2) is 60.8 Å². The number of fused-ring (bicyclic) bond motifs is 2. The maximum Gasteiger partial charge on any atom is 0.240 e. The fraction of sp³-hybridized carbons (Fsp3) is 0.227. The number of aromatic nitrogens is 3. The molecule has 2 aromatic carbocycles. The predicted molar refractivity (Wildman–Crippen MR) is 117 cm³/mol. The number of rotatable bonds is 7. The number of hydrogen-bond acceptors (Lipinski definition) is 5. The molecule has 1 N–H and O–H groups in total. The van der Waals surface area contributed by atoms with Crippen LogP contribution in [0.1, 0.15) is 11.4 Å². The summed E-state index contributed by atoms with van der Waals surface area (Å²) in [4.78, 5) is 21.4. The summed E-state index contributed by atoms with van der Waals surface area (Å²) in [5.74, 6) is -0.0374. The Labute approximate surface area is 174 Å². The summed E-state index contributed by atoms with van der Waals surface area (Å²) in [6.45, 7) is 0.474. The topological polar surface area (TPSA) is 94.0 Å². The summed E-state index contributed by atoms with van der Waals surface area (Å²) in [5, 5.41) is 3.99. The molecule has 0 aliphatic carbocycles. The van der Waals surface area contributed by atoms with Crippen LogP contribution in [0.5, 0.6) is 0 Å². The Balaban J connectivity index is 1.47. The van der Waals surface area contributed by atoms with E-state index in [0.29, 0.717) is 24.3 Å². The number of imidazole rings is 1. The Hall–Kier alpha value is -3.26. The molecule has 0 bridgehead atoms. The number of benzene rings is 2. The van der Waals surface area contributed by atoms with Gasteiger partial charge in [0, 0.05) is 24.4 Å². The largest absolute Gasteiger partial charge is 0.354 e. The van der Waals surface area contributed by atoms with E-state index in [0.717, 1.165) is 28.2 Å². The third-order valence-corrected chi connectivity index (χ3v) is 5.64. The van der Waals surface area contributed by atoms with E-state index in [9.17, 15) is 13.2 Å². The molecule has 0 saturated heterocycles. The van der Waals surface area contributed by atoms with E-state index in [4.69, 9.17) is 0 Å². The number of sulfone groups is 1. The summed E-state index contributed by atoms with van der Waals surface area (Å²) < 4.78 is 25.3. The summed E-state index contributed by atoms with van der Waals surface area (Å²) in [7, 11) is -3.28. The number of pyridine rings is 1. The van der Waals surface area contributed by atoms with Crippen molar-refractivity contribution in [2.75, 3.05) is 12.8 Å². The summed E-state index contributed by atoms with van der Waals surface area (Å²) >= 11 is 0. The Morgan fingerprint density at radius 1 is 1.07 bits per heavy atom. The zero-order valence-corrected chi connectivity index (χ0v) is 17.4. The molecule has 0 saturated carbocycles. The quantitative estimate of drug-likeness (QED) is 0.494. The zero-order valence-electron chi connectivity index (χ0n) is 16.6. The van der Waals surface area contributed by atoms with Gasteiger partial charge in [-0.05, 0) is 30.2 Å². The van der Waals surface area contributed by atoms with Gasteiger partial charge in [-0.2, -0.15) is 0 Å². The van der Waals surface area contributed by atoms with E-state index < -0.39 is 9.84 Å². The maximum atomic E-state index is 12.6. The van der Waals surface area contributed by atoms with Crippen LogP contribution in [0.25, 0.3) is 21.9 Å². The first-order chi connectivity index (χ1) is 14.4. The van der Waals surface area contributed by atoms with Gasteiger partial charge in [-0.15, -0.1) is 0 Å². The minimum atomic E-state index is -3.28. The number of nitrogens with one attached hydrogen (secondary N) is 1. The maximum absolute atomic E-state index is 12.6. The highest BCUT2D eigenvalue weighted by Crippen LogP contribution is 2.18. The van der Waals surface area contributed by atoms with Crippen molar-refractivity contribution in [1.29, 1.82) is 0 Å². The molecule has 2 heterocycles. The van der Waals surface area contributed by atoms with Gasteiger partial charge in [0.1, 0.15) is 18.1 Å². The number of nitrogens with zero attached hydrogens (tertiary/aromatic N) is 3. The van der Waals surface area contributed by atoms with Crippen LogP contribution in [-0.4, -0.2) is 41.7 Å². The fourth-order valence-corrected chi connectivity index (χ4v) is 4.24. The molecular weight excluding hydrogens is 400 g/mol. The second-order valence-corrected chi connectivity index (χ2v) is 9.41. The van der Waals surface area contributed by atoms with Gasteiger partial charge in [0.25, 0.3) is 0 Å². The second-order valence-electron chi connectivity index (χ2n) is 7.27. The van der Waals surface area contributed by atoms with Gasteiger partial charge >= 0.3 is 0 Å². The summed E-state index contributed by atoms with van der Waals surface area (Å²) in [5.41, 5.74) is 3.42. The fourth-order valence-electron chi connectivity index (χ4n) is 3.55. The molecule has 30 heavy (non-hydrogen) atoms. The van der Waals surface area contributed by atoms with E-state index in [1.165, 1.54) is 0 Å². The average molecular weight is 423 g/mol. The molecule has 8 heteroatoms. The minimum Gasteiger partial charge on any atom is -0.354 e. The van der Waals surface area contributed by atoms with Crippen LogP contribution in [0.4, 0.5) is 0 Å². The lowest BCUT2D eigenvalue weighted by Gasteiger charge is -2.10. The molecule has 0 spiro atoms. The molecule has 0 radical (unpaired) electrons. The monoisotopic (exact) mass is 422 g/mol. The number of amides is 1. The molecule has 0 unspecified atom stereocenters. The van der Waals surface area contributed by atoms with Gasteiger partial charge in [0.05, 0.1) is 16.6 Å². The van der Waals surface area contributed by atoms with Gasteiger partial charge in [-0.1, -0.05) is 36.4 Å². The van der Waals surface area contributed by atoms with Crippen LogP contribution < -0.4 is 5.32 Å². The van der Waals surface area contributed by atoms with Gasteiger partial charge in [0.15, 0.2) is 9.84 Å². The van der Waals surface area contributed by atoms with Crippen LogP contribution in [0, 0.1) is 0 Å². The SMILES string of the molecule is CS(=O)(=O)Cc1nc2ccccc2n1CC(=O)NCCc1cccc2cccnc12. The molecule has 154 valence electrons. The number of hydrogen-bond donors (Lipinski definition) is 1. The zero-order chi connectivity index (χ0) is 21.1. The predicted octanol–water partition coefficient (Wildman–Crippen LogP) is 2.49. The highest BCUT2D eigenvalue weighted by Gasteiger charge is 2.17. The van der Waals surface area contributed by atoms with Crippen LogP contribution in [0.3, 0.4) is 0 Å². The Morgan fingerprint density at radius 2 is 1.87 bits per heavy atom. The molecular formula is C22H22N4O3S. The van der Waals surface area contributed by atoms with Crippen molar-refractivity contribution in [3.63, 3.8) is 0 Å². The standard InChI is InChI=1S/C22H22N4O3S/c1-30(28,29)15-20-25-18-9-2-3-10-19(18)26(20)14-21(27)23-13-11-17-7-4-6-16-8-5-12-24-22(16)17/h2-10,12H,11,13-15H2,1H3,(H,23,27). The molecule has 1 amide bonds. The van der Waals surface area contributed by atoms with Gasteiger partial charge < -0.3 is 9.88 Å². The first kappa shape index (κ1) is 20.0. The number of para-hydroxylation sites is 3.